The second kappa shape index (κ2) is 9.67. The number of hydrogen-bond acceptors (Lipinski definition) is 5. The van der Waals surface area contributed by atoms with Crippen LogP contribution in [0.15, 0.2) is 53.3 Å². The van der Waals surface area contributed by atoms with Gasteiger partial charge in [-0.05, 0) is 68.1 Å². The molecule has 8 heteroatoms. The minimum absolute atomic E-state index is 0.00854. The number of rotatable bonds is 5. The molecule has 0 aliphatic carbocycles. The van der Waals surface area contributed by atoms with Crippen LogP contribution >= 0.6 is 11.6 Å². The number of hydrogen-bond donors (Lipinski definition) is 1. The van der Waals surface area contributed by atoms with Crippen LogP contribution in [-0.2, 0) is 4.79 Å². The Bertz CT molecular complexity index is 1230. The van der Waals surface area contributed by atoms with Gasteiger partial charge in [-0.25, -0.2) is 0 Å². The monoisotopic (exact) mass is 466 g/mol. The topological polar surface area (TPSA) is 76.5 Å². The summed E-state index contributed by atoms with van der Waals surface area (Å²) in [5.74, 6) is 1.23. The lowest BCUT2D eigenvalue weighted by Gasteiger charge is -2.32. The van der Waals surface area contributed by atoms with E-state index < -0.39 is 0 Å². The number of carbonyl (C=O) groups is 1. The molecule has 1 aromatic heterocycles. The summed E-state index contributed by atoms with van der Waals surface area (Å²) in [6, 6.07) is 14.4. The average Bonchev–Trinajstić information content (AvgIpc) is 2.81. The number of carbonyl (C=O) groups excluding carboxylic acids is 1. The first kappa shape index (κ1) is 22.9. The van der Waals surface area contributed by atoms with Crippen molar-refractivity contribution in [3.05, 3.63) is 75.0 Å². The largest absolute Gasteiger partial charge is 0.495 e. The Morgan fingerprint density at radius 3 is 2.55 bits per heavy atom. The lowest BCUT2D eigenvalue weighted by atomic mass is 9.95. The predicted molar refractivity (Wildman–Crippen MR) is 131 cm³/mol. The molecule has 1 amide bonds. The Kier molecular flexibility index (Phi) is 6.70. The molecular formula is C25H27ClN4O3. The molecule has 4 rings (SSSR count). The van der Waals surface area contributed by atoms with Gasteiger partial charge < -0.3 is 15.0 Å². The summed E-state index contributed by atoms with van der Waals surface area (Å²) in [6.07, 6.45) is 1.38. The number of aryl methyl sites for hydroxylation is 2. The summed E-state index contributed by atoms with van der Waals surface area (Å²) < 4.78 is 6.73. The van der Waals surface area contributed by atoms with Gasteiger partial charge in [0, 0.05) is 30.1 Å². The number of halogens is 1. The Hall–Kier alpha value is -3.32. The van der Waals surface area contributed by atoms with Crippen LogP contribution in [0.4, 0.5) is 11.5 Å². The molecule has 3 aromatic rings. The number of piperidine rings is 1. The van der Waals surface area contributed by atoms with Crippen molar-refractivity contribution < 1.29 is 9.53 Å². The van der Waals surface area contributed by atoms with E-state index in [1.54, 1.807) is 19.2 Å². The maximum absolute atomic E-state index is 12.9. The molecule has 172 valence electrons. The minimum Gasteiger partial charge on any atom is -0.495 e. The third-order valence-corrected chi connectivity index (χ3v) is 6.40. The lowest BCUT2D eigenvalue weighted by Crippen LogP contribution is -2.39. The van der Waals surface area contributed by atoms with Gasteiger partial charge >= 0.3 is 0 Å². The number of ether oxygens (including phenoxy) is 1. The normalized spacial score (nSPS) is 14.2. The summed E-state index contributed by atoms with van der Waals surface area (Å²) >= 11 is 6.24. The second-order valence-electron chi connectivity index (χ2n) is 8.33. The van der Waals surface area contributed by atoms with E-state index in [1.165, 1.54) is 10.7 Å². The van der Waals surface area contributed by atoms with Gasteiger partial charge in [0.15, 0.2) is 0 Å². The van der Waals surface area contributed by atoms with Crippen LogP contribution in [0, 0.1) is 19.8 Å². The van der Waals surface area contributed by atoms with Crippen LogP contribution in [0.5, 0.6) is 5.75 Å². The molecule has 0 unspecified atom stereocenters. The highest BCUT2D eigenvalue weighted by molar-refractivity contribution is 6.31. The predicted octanol–water partition coefficient (Wildman–Crippen LogP) is 4.37. The van der Waals surface area contributed by atoms with E-state index in [4.69, 9.17) is 16.3 Å². The van der Waals surface area contributed by atoms with Gasteiger partial charge in [-0.3, -0.25) is 9.59 Å². The second-order valence-corrected chi connectivity index (χ2v) is 8.74. The fraction of sp³-hybridized carbons (Fsp3) is 0.320. The third-order valence-electron chi connectivity index (χ3n) is 5.99. The summed E-state index contributed by atoms with van der Waals surface area (Å²) in [5.41, 5.74) is 3.08. The number of nitrogens with one attached hydrogen (secondary N) is 1. The number of anilines is 2. The zero-order valence-corrected chi connectivity index (χ0v) is 19.7. The molecule has 0 radical (unpaired) electrons. The molecule has 1 N–H and O–H groups in total. The van der Waals surface area contributed by atoms with Crippen molar-refractivity contribution in [2.75, 3.05) is 30.4 Å². The fourth-order valence-corrected chi connectivity index (χ4v) is 4.17. The molecule has 1 fully saturated rings. The molecule has 0 atom stereocenters. The van der Waals surface area contributed by atoms with E-state index >= 15 is 0 Å². The van der Waals surface area contributed by atoms with Crippen LogP contribution in [0.25, 0.3) is 5.69 Å². The molecule has 0 spiro atoms. The molecule has 33 heavy (non-hydrogen) atoms. The maximum Gasteiger partial charge on any atom is 0.271 e. The number of nitrogens with zero attached hydrogens (tertiary/aromatic N) is 3. The molecule has 7 nitrogen and oxygen atoms in total. The van der Waals surface area contributed by atoms with Crippen LogP contribution in [0.3, 0.4) is 0 Å². The standard InChI is InChI=1S/C25H27ClN4O3/c1-16-4-7-22(33-3)21(14-16)27-25(32)18-10-12-29(13-11-18)23-8-9-24(31)30(28-23)19-6-5-17(2)20(26)15-19/h4-9,14-15,18H,10-13H2,1-3H3,(H,27,32). The van der Waals surface area contributed by atoms with Gasteiger partial charge in [0.2, 0.25) is 5.91 Å². The molecular weight excluding hydrogens is 440 g/mol. The molecule has 2 heterocycles. The Morgan fingerprint density at radius 1 is 1.09 bits per heavy atom. The molecule has 1 aliphatic heterocycles. The minimum atomic E-state index is -0.222. The zero-order chi connectivity index (χ0) is 23.5. The van der Waals surface area contributed by atoms with Crippen LogP contribution in [0.1, 0.15) is 24.0 Å². The van der Waals surface area contributed by atoms with Gasteiger partial charge in [-0.15, -0.1) is 5.10 Å². The average molecular weight is 467 g/mol. The SMILES string of the molecule is COc1ccc(C)cc1NC(=O)C1CCN(c2ccc(=O)n(-c3ccc(C)c(Cl)c3)n2)CC1. The van der Waals surface area contributed by atoms with Crippen molar-refractivity contribution in [3.63, 3.8) is 0 Å². The number of aromatic nitrogens is 2. The van der Waals surface area contributed by atoms with E-state index in [0.29, 0.717) is 53.9 Å². The molecule has 2 aromatic carbocycles. The van der Waals surface area contributed by atoms with Gasteiger partial charge in [0.1, 0.15) is 11.6 Å². The summed E-state index contributed by atoms with van der Waals surface area (Å²) in [5, 5.41) is 8.17. The summed E-state index contributed by atoms with van der Waals surface area (Å²) in [6.45, 7) is 5.23. The van der Waals surface area contributed by atoms with Gasteiger partial charge in [-0.2, -0.15) is 4.68 Å². The van der Waals surface area contributed by atoms with Gasteiger partial charge in [0.05, 0.1) is 18.5 Å². The lowest BCUT2D eigenvalue weighted by molar-refractivity contribution is -0.120. The highest BCUT2D eigenvalue weighted by atomic mass is 35.5. The highest BCUT2D eigenvalue weighted by Gasteiger charge is 2.26. The summed E-state index contributed by atoms with van der Waals surface area (Å²) in [4.78, 5) is 27.4. The van der Waals surface area contributed by atoms with E-state index in [-0.39, 0.29) is 17.4 Å². The first-order valence-corrected chi connectivity index (χ1v) is 11.3. The van der Waals surface area contributed by atoms with Crippen LogP contribution in [-0.4, -0.2) is 35.9 Å². The van der Waals surface area contributed by atoms with Crippen molar-refractivity contribution in [2.24, 2.45) is 5.92 Å². The maximum atomic E-state index is 12.9. The summed E-state index contributed by atoms with van der Waals surface area (Å²) in [7, 11) is 1.59. The number of amides is 1. The van der Waals surface area contributed by atoms with E-state index in [2.05, 4.69) is 15.3 Å². The quantitative estimate of drug-likeness (QED) is 0.604. The fourth-order valence-electron chi connectivity index (χ4n) is 3.99. The van der Waals surface area contributed by atoms with E-state index in [1.807, 2.05) is 44.2 Å². The van der Waals surface area contributed by atoms with Crippen LogP contribution < -0.4 is 20.5 Å². The highest BCUT2D eigenvalue weighted by Crippen LogP contribution is 2.28. The number of benzene rings is 2. The Morgan fingerprint density at radius 2 is 1.85 bits per heavy atom. The first-order valence-electron chi connectivity index (χ1n) is 10.9. The van der Waals surface area contributed by atoms with Crippen molar-refractivity contribution in [2.45, 2.75) is 26.7 Å². The van der Waals surface area contributed by atoms with Crippen molar-refractivity contribution >= 4 is 29.0 Å². The van der Waals surface area contributed by atoms with E-state index in [9.17, 15) is 9.59 Å². The number of methoxy groups -OCH3 is 1. The first-order chi connectivity index (χ1) is 15.9. The molecule has 1 saturated heterocycles. The van der Waals surface area contributed by atoms with Crippen molar-refractivity contribution in [1.82, 2.24) is 9.78 Å². The van der Waals surface area contributed by atoms with E-state index in [0.717, 1.165) is 11.1 Å². The smallest absolute Gasteiger partial charge is 0.271 e. The van der Waals surface area contributed by atoms with Crippen LogP contribution in [0.2, 0.25) is 5.02 Å². The van der Waals surface area contributed by atoms with Gasteiger partial charge in [-0.1, -0.05) is 23.7 Å². The molecule has 0 bridgehead atoms. The van der Waals surface area contributed by atoms with Crippen molar-refractivity contribution in [3.8, 4) is 11.4 Å². The Labute approximate surface area is 197 Å². The molecule has 1 aliphatic rings. The van der Waals surface area contributed by atoms with Crippen molar-refractivity contribution in [1.29, 1.82) is 0 Å². The Balaban J connectivity index is 1.45. The zero-order valence-electron chi connectivity index (χ0n) is 19.0. The van der Waals surface area contributed by atoms with Gasteiger partial charge in [0.25, 0.3) is 5.56 Å². The third kappa shape index (κ3) is 5.03. The molecule has 0 saturated carbocycles.